The van der Waals surface area contributed by atoms with Crippen LogP contribution < -0.4 is 18.9 Å². The minimum Gasteiger partial charge on any atom is -0.493 e. The van der Waals surface area contributed by atoms with Crippen LogP contribution in [-0.2, 0) is 4.74 Å². The summed E-state index contributed by atoms with van der Waals surface area (Å²) in [6.07, 6.45) is -7.81. The van der Waals surface area contributed by atoms with Gasteiger partial charge in [-0.3, -0.25) is 4.79 Å². The van der Waals surface area contributed by atoms with Gasteiger partial charge in [0.2, 0.25) is 6.29 Å². The van der Waals surface area contributed by atoms with Crippen molar-refractivity contribution in [3.8, 4) is 23.0 Å². The van der Waals surface area contributed by atoms with Gasteiger partial charge < -0.3 is 49.2 Å². The largest absolute Gasteiger partial charge is 0.493 e. The number of ether oxygens (including phenoxy) is 5. The monoisotopic (exact) mass is 506 g/mol. The Morgan fingerprint density at radius 3 is 2.25 bits per heavy atom. The highest BCUT2D eigenvalue weighted by atomic mass is 16.7. The first kappa shape index (κ1) is 26.1. The highest BCUT2D eigenvalue weighted by Gasteiger charge is 2.45. The fourth-order valence-corrected chi connectivity index (χ4v) is 4.50. The van der Waals surface area contributed by atoms with E-state index in [1.807, 2.05) is 0 Å². The van der Waals surface area contributed by atoms with Gasteiger partial charge in [-0.1, -0.05) is 6.07 Å². The summed E-state index contributed by atoms with van der Waals surface area (Å²) in [7, 11) is 2.88. The molecule has 1 saturated heterocycles. The van der Waals surface area contributed by atoms with Crippen LogP contribution >= 0.6 is 0 Å². The topological polar surface area (TPSA) is 164 Å². The Balaban J connectivity index is 1.62. The molecule has 0 unspecified atom stereocenters. The van der Waals surface area contributed by atoms with Gasteiger partial charge in [-0.2, -0.15) is 0 Å². The van der Waals surface area contributed by atoms with Crippen molar-refractivity contribution in [2.45, 2.75) is 49.7 Å². The highest BCUT2D eigenvalue weighted by Crippen LogP contribution is 2.51. The third-order valence-corrected chi connectivity index (χ3v) is 6.52. The molecule has 2 aliphatic heterocycles. The molecule has 0 aliphatic carbocycles. The molecule has 11 nitrogen and oxygen atoms in total. The minimum atomic E-state index is -1.59. The Hall–Kier alpha value is -2.93. The SMILES string of the molecule is COc1cc([C@@H]2Oc3c(OC)cc(C(C)=O)cc3[C@H]2CO)ccc1O[C@@H]1O[C@H](CO)[C@@H](O)[C@H](O)[C@H]1O. The number of Topliss-reactive ketones (excluding diaryl/α,β-unsaturated/α-hetero) is 1. The Bertz CT molecular complexity index is 1100. The van der Waals surface area contributed by atoms with E-state index in [1.165, 1.54) is 21.1 Å². The number of carbonyl (C=O) groups excluding carboxylic acids is 1. The summed E-state index contributed by atoms with van der Waals surface area (Å²) in [6, 6.07) is 8.15. The van der Waals surface area contributed by atoms with E-state index in [2.05, 4.69) is 0 Å². The summed E-state index contributed by atoms with van der Waals surface area (Å²) in [6.45, 7) is 0.604. The number of hydrogen-bond donors (Lipinski definition) is 5. The van der Waals surface area contributed by atoms with E-state index in [0.717, 1.165) is 0 Å². The Kier molecular flexibility index (Phi) is 7.69. The van der Waals surface area contributed by atoms with E-state index in [9.17, 15) is 30.3 Å². The molecule has 0 spiro atoms. The lowest BCUT2D eigenvalue weighted by Crippen LogP contribution is -2.60. The molecule has 5 N–H and O–H groups in total. The Morgan fingerprint density at radius 2 is 1.64 bits per heavy atom. The number of benzene rings is 2. The zero-order valence-electron chi connectivity index (χ0n) is 20.0. The zero-order valence-corrected chi connectivity index (χ0v) is 20.0. The zero-order chi connectivity index (χ0) is 26.1. The van der Waals surface area contributed by atoms with E-state index in [1.54, 1.807) is 30.3 Å². The minimum absolute atomic E-state index is 0.146. The fraction of sp³-hybridized carbons (Fsp3) is 0.480. The first-order valence-electron chi connectivity index (χ1n) is 11.4. The summed E-state index contributed by atoms with van der Waals surface area (Å²) in [5, 5.41) is 49.9. The molecule has 1 fully saturated rings. The number of hydrogen-bond acceptors (Lipinski definition) is 11. The van der Waals surface area contributed by atoms with Gasteiger partial charge in [0, 0.05) is 11.1 Å². The number of carbonyl (C=O) groups is 1. The van der Waals surface area contributed by atoms with E-state index < -0.39 is 49.3 Å². The second-order valence-electron chi connectivity index (χ2n) is 8.71. The van der Waals surface area contributed by atoms with Gasteiger partial charge in [0.1, 0.15) is 30.5 Å². The van der Waals surface area contributed by atoms with Crippen molar-refractivity contribution in [2.24, 2.45) is 0 Å². The molecule has 11 heteroatoms. The number of ketones is 1. The molecule has 36 heavy (non-hydrogen) atoms. The molecule has 0 bridgehead atoms. The summed E-state index contributed by atoms with van der Waals surface area (Å²) in [4.78, 5) is 12.0. The molecule has 2 aliphatic rings. The van der Waals surface area contributed by atoms with Gasteiger partial charge in [-0.05, 0) is 36.8 Å². The molecule has 196 valence electrons. The van der Waals surface area contributed by atoms with Crippen molar-refractivity contribution in [2.75, 3.05) is 27.4 Å². The van der Waals surface area contributed by atoms with Crippen LogP contribution in [0.15, 0.2) is 30.3 Å². The molecule has 0 saturated carbocycles. The van der Waals surface area contributed by atoms with Crippen molar-refractivity contribution in [1.82, 2.24) is 0 Å². The fourth-order valence-electron chi connectivity index (χ4n) is 4.50. The number of rotatable bonds is 8. The summed E-state index contributed by atoms with van der Waals surface area (Å²) < 4.78 is 28.2. The number of aliphatic hydroxyl groups excluding tert-OH is 5. The molecule has 0 aromatic heterocycles. The van der Waals surface area contributed by atoms with E-state index in [4.69, 9.17) is 23.7 Å². The summed E-state index contributed by atoms with van der Waals surface area (Å²) in [5.74, 6) is 0.596. The quantitative estimate of drug-likeness (QED) is 0.313. The van der Waals surface area contributed by atoms with Gasteiger partial charge in [-0.15, -0.1) is 0 Å². The van der Waals surface area contributed by atoms with Crippen LogP contribution in [0, 0.1) is 0 Å². The van der Waals surface area contributed by atoms with Crippen LogP contribution in [0.25, 0.3) is 0 Å². The molecular formula is C25H30O11. The average molecular weight is 507 g/mol. The lowest BCUT2D eigenvalue weighted by Gasteiger charge is -2.39. The Morgan fingerprint density at radius 1 is 0.917 bits per heavy atom. The predicted octanol–water partition coefficient (Wildman–Crippen LogP) is 0.295. The summed E-state index contributed by atoms with van der Waals surface area (Å²) in [5.41, 5.74) is 1.72. The maximum absolute atomic E-state index is 12.0. The van der Waals surface area contributed by atoms with Crippen LogP contribution in [0.4, 0.5) is 0 Å². The van der Waals surface area contributed by atoms with Crippen molar-refractivity contribution < 1.29 is 54.0 Å². The number of fused-ring (bicyclic) bond motifs is 1. The molecule has 2 heterocycles. The van der Waals surface area contributed by atoms with Gasteiger partial charge in [0.05, 0.1) is 33.4 Å². The van der Waals surface area contributed by atoms with E-state index in [0.29, 0.717) is 28.2 Å². The van der Waals surface area contributed by atoms with Crippen molar-refractivity contribution in [1.29, 1.82) is 0 Å². The average Bonchev–Trinajstić information content (AvgIpc) is 3.27. The van der Waals surface area contributed by atoms with Gasteiger partial charge in [0.25, 0.3) is 0 Å². The smallest absolute Gasteiger partial charge is 0.229 e. The second kappa shape index (κ2) is 10.6. The van der Waals surface area contributed by atoms with E-state index >= 15 is 0 Å². The van der Waals surface area contributed by atoms with Crippen molar-refractivity contribution >= 4 is 5.78 Å². The number of methoxy groups -OCH3 is 2. The molecule has 7 atom stereocenters. The highest BCUT2D eigenvalue weighted by molar-refractivity contribution is 5.95. The predicted molar refractivity (Wildman–Crippen MR) is 124 cm³/mol. The van der Waals surface area contributed by atoms with Gasteiger partial charge in [0.15, 0.2) is 28.8 Å². The third-order valence-electron chi connectivity index (χ3n) is 6.52. The van der Waals surface area contributed by atoms with Crippen LogP contribution in [0.1, 0.15) is 40.4 Å². The van der Waals surface area contributed by atoms with E-state index in [-0.39, 0.29) is 23.9 Å². The van der Waals surface area contributed by atoms with Crippen molar-refractivity contribution in [3.63, 3.8) is 0 Å². The van der Waals surface area contributed by atoms with Crippen LogP contribution in [0.2, 0.25) is 0 Å². The molecule has 0 amide bonds. The van der Waals surface area contributed by atoms with Crippen LogP contribution in [0.3, 0.4) is 0 Å². The lowest BCUT2D eigenvalue weighted by atomic mass is 9.90. The lowest BCUT2D eigenvalue weighted by molar-refractivity contribution is -0.277. The second-order valence-corrected chi connectivity index (χ2v) is 8.71. The first-order valence-corrected chi connectivity index (χ1v) is 11.4. The summed E-state index contributed by atoms with van der Waals surface area (Å²) >= 11 is 0. The first-order chi connectivity index (χ1) is 17.2. The standard InChI is InChI=1S/C25H30O11/c1-11(28)13-6-14-15(9-26)23(36-24(14)18(8-13)33-3)12-4-5-16(17(7-12)32-2)34-25-22(31)21(30)20(29)19(10-27)35-25/h4-8,15,19-23,25-27,29-31H,9-10H2,1-3H3/t15-,19-,20-,21+,22-,23+,25-/m1/s1. The number of aliphatic hydroxyl groups is 5. The normalized spacial score (nSPS) is 29.3. The maximum Gasteiger partial charge on any atom is 0.229 e. The van der Waals surface area contributed by atoms with Gasteiger partial charge in [-0.25, -0.2) is 0 Å². The molecule has 4 rings (SSSR count). The Labute approximate surface area is 207 Å². The van der Waals surface area contributed by atoms with Crippen LogP contribution in [-0.4, -0.2) is 89.5 Å². The van der Waals surface area contributed by atoms with Crippen LogP contribution in [0.5, 0.6) is 23.0 Å². The molecular weight excluding hydrogens is 476 g/mol. The molecule has 0 radical (unpaired) electrons. The maximum atomic E-state index is 12.0. The van der Waals surface area contributed by atoms with Gasteiger partial charge >= 0.3 is 0 Å². The third kappa shape index (κ3) is 4.61. The molecule has 2 aromatic rings. The molecule has 2 aromatic carbocycles. The van der Waals surface area contributed by atoms with Crippen molar-refractivity contribution in [3.05, 3.63) is 47.0 Å².